The van der Waals surface area contributed by atoms with Gasteiger partial charge in [0.2, 0.25) is 5.91 Å². The van der Waals surface area contributed by atoms with Crippen molar-refractivity contribution in [1.82, 2.24) is 9.80 Å². The van der Waals surface area contributed by atoms with Gasteiger partial charge in [-0.3, -0.25) is 14.5 Å². The van der Waals surface area contributed by atoms with Gasteiger partial charge in [0.05, 0.1) is 6.61 Å². The van der Waals surface area contributed by atoms with E-state index >= 15 is 0 Å². The zero-order valence-corrected chi connectivity index (χ0v) is 13.1. The Morgan fingerprint density at radius 3 is 2.55 bits per heavy atom. The maximum absolute atomic E-state index is 11.9. The molecule has 1 aliphatic heterocycles. The minimum Gasteiger partial charge on any atom is -0.465 e. The number of rotatable bonds is 8. The number of hydrogen-bond donors (Lipinski definition) is 0. The number of esters is 1. The second-order valence-electron chi connectivity index (χ2n) is 5.12. The van der Waals surface area contributed by atoms with Crippen molar-refractivity contribution in [2.45, 2.75) is 52.5 Å². The second kappa shape index (κ2) is 8.95. The first-order valence-electron chi connectivity index (χ1n) is 7.82. The number of carbonyl (C=O) groups excluding carboxylic acids is 2. The summed E-state index contributed by atoms with van der Waals surface area (Å²) >= 11 is 0. The largest absolute Gasteiger partial charge is 0.465 e. The number of hydrogen-bond acceptors (Lipinski definition) is 4. The van der Waals surface area contributed by atoms with Gasteiger partial charge in [0.25, 0.3) is 0 Å². The molecule has 5 nitrogen and oxygen atoms in total. The van der Waals surface area contributed by atoms with Crippen LogP contribution in [-0.4, -0.2) is 60.5 Å². The molecule has 1 rings (SSSR count). The molecular weight excluding hydrogens is 256 g/mol. The van der Waals surface area contributed by atoms with Crippen LogP contribution in [0.4, 0.5) is 0 Å². The molecule has 20 heavy (non-hydrogen) atoms. The van der Waals surface area contributed by atoms with Crippen LogP contribution in [0.25, 0.3) is 0 Å². The molecule has 1 aliphatic rings. The van der Waals surface area contributed by atoms with Crippen molar-refractivity contribution in [3.8, 4) is 0 Å². The molecule has 1 unspecified atom stereocenters. The van der Waals surface area contributed by atoms with Crippen molar-refractivity contribution in [2.75, 3.05) is 32.8 Å². The van der Waals surface area contributed by atoms with Gasteiger partial charge in [-0.1, -0.05) is 0 Å². The molecule has 0 saturated carbocycles. The highest BCUT2D eigenvalue weighted by Gasteiger charge is 2.31. The molecule has 0 aromatic rings. The summed E-state index contributed by atoms with van der Waals surface area (Å²) < 4.78 is 5.10. The van der Waals surface area contributed by atoms with Crippen LogP contribution < -0.4 is 0 Å². The Bertz CT molecular complexity index is 316. The third-order valence-corrected chi connectivity index (χ3v) is 3.87. The van der Waals surface area contributed by atoms with E-state index in [1.54, 1.807) is 0 Å². The molecule has 0 spiro atoms. The first-order valence-corrected chi connectivity index (χ1v) is 7.82. The van der Waals surface area contributed by atoms with Gasteiger partial charge >= 0.3 is 5.97 Å². The fourth-order valence-corrected chi connectivity index (χ4v) is 2.77. The summed E-state index contributed by atoms with van der Waals surface area (Å²) in [5.41, 5.74) is 0. The fourth-order valence-electron chi connectivity index (χ4n) is 2.77. The summed E-state index contributed by atoms with van der Waals surface area (Å²) in [6.07, 6.45) is 3.29. The van der Waals surface area contributed by atoms with E-state index in [2.05, 4.69) is 4.90 Å². The maximum atomic E-state index is 11.9. The lowest BCUT2D eigenvalue weighted by molar-refractivity contribution is -0.148. The van der Waals surface area contributed by atoms with Crippen LogP contribution in [0, 0.1) is 0 Å². The van der Waals surface area contributed by atoms with Gasteiger partial charge in [0, 0.05) is 19.5 Å². The van der Waals surface area contributed by atoms with Gasteiger partial charge < -0.3 is 9.64 Å². The van der Waals surface area contributed by atoms with E-state index in [1.807, 2.05) is 25.7 Å². The minimum absolute atomic E-state index is 0.0986. The lowest BCUT2D eigenvalue weighted by atomic mass is 10.2. The van der Waals surface area contributed by atoms with Crippen molar-refractivity contribution in [1.29, 1.82) is 0 Å². The number of nitrogens with zero attached hydrogens (tertiary/aromatic N) is 2. The van der Waals surface area contributed by atoms with Crippen molar-refractivity contribution in [3.05, 3.63) is 0 Å². The van der Waals surface area contributed by atoms with Crippen LogP contribution in [0.15, 0.2) is 0 Å². The maximum Gasteiger partial charge on any atom is 0.323 e. The summed E-state index contributed by atoms with van der Waals surface area (Å²) in [6.45, 7) is 9.54. The number of likely N-dealkylation sites (tertiary alicyclic amines) is 1. The Balaban J connectivity index is 2.33. The molecule has 1 fully saturated rings. The zero-order valence-electron chi connectivity index (χ0n) is 13.1. The molecule has 5 heteroatoms. The van der Waals surface area contributed by atoms with Gasteiger partial charge in [0.1, 0.15) is 6.04 Å². The number of carbonyl (C=O) groups is 2. The molecular formula is C15H28N2O3. The molecule has 1 atom stereocenters. The van der Waals surface area contributed by atoms with Crippen LogP contribution in [0.3, 0.4) is 0 Å². The Morgan fingerprint density at radius 2 is 1.95 bits per heavy atom. The number of amides is 1. The molecule has 0 N–H and O–H groups in total. The first-order chi connectivity index (χ1) is 9.63. The van der Waals surface area contributed by atoms with Crippen molar-refractivity contribution in [3.63, 3.8) is 0 Å². The van der Waals surface area contributed by atoms with E-state index < -0.39 is 0 Å². The van der Waals surface area contributed by atoms with E-state index in [1.165, 1.54) is 0 Å². The summed E-state index contributed by atoms with van der Waals surface area (Å²) in [5.74, 6) is 0.0990. The average Bonchev–Trinajstić information content (AvgIpc) is 2.89. The van der Waals surface area contributed by atoms with Gasteiger partial charge in [-0.25, -0.2) is 0 Å². The molecule has 0 radical (unpaired) electrons. The van der Waals surface area contributed by atoms with E-state index in [-0.39, 0.29) is 17.9 Å². The SMILES string of the molecule is CCOC(=O)C1CCCN1CCCC(=O)N(CC)CC. The van der Waals surface area contributed by atoms with Crippen LogP contribution in [-0.2, 0) is 14.3 Å². The Kier molecular flexibility index (Phi) is 7.59. The smallest absolute Gasteiger partial charge is 0.323 e. The predicted molar refractivity (Wildman–Crippen MR) is 78.4 cm³/mol. The molecule has 0 aliphatic carbocycles. The molecule has 0 bridgehead atoms. The molecule has 1 amide bonds. The van der Waals surface area contributed by atoms with Crippen LogP contribution in [0.2, 0.25) is 0 Å². The monoisotopic (exact) mass is 284 g/mol. The molecule has 0 aromatic heterocycles. The van der Waals surface area contributed by atoms with E-state index in [0.717, 1.165) is 45.4 Å². The van der Waals surface area contributed by atoms with Crippen LogP contribution in [0.5, 0.6) is 0 Å². The third kappa shape index (κ3) is 4.78. The lowest BCUT2D eigenvalue weighted by Crippen LogP contribution is -2.38. The second-order valence-corrected chi connectivity index (χ2v) is 5.12. The standard InChI is InChI=1S/C15H28N2O3/c1-4-16(5-2)14(18)10-8-12-17-11-7-9-13(17)15(19)20-6-3/h13H,4-12H2,1-3H3. The van der Waals surface area contributed by atoms with Gasteiger partial charge in [0.15, 0.2) is 0 Å². The Labute approximate surface area is 122 Å². The number of ether oxygens (including phenoxy) is 1. The van der Waals surface area contributed by atoms with Crippen LogP contribution >= 0.6 is 0 Å². The first kappa shape index (κ1) is 17.0. The third-order valence-electron chi connectivity index (χ3n) is 3.87. The van der Waals surface area contributed by atoms with Gasteiger partial charge in [-0.05, 0) is 53.1 Å². The highest BCUT2D eigenvalue weighted by Crippen LogP contribution is 2.19. The highest BCUT2D eigenvalue weighted by molar-refractivity contribution is 5.76. The van der Waals surface area contributed by atoms with Crippen molar-refractivity contribution in [2.24, 2.45) is 0 Å². The van der Waals surface area contributed by atoms with Gasteiger partial charge in [-0.15, -0.1) is 0 Å². The highest BCUT2D eigenvalue weighted by atomic mass is 16.5. The summed E-state index contributed by atoms with van der Waals surface area (Å²) in [5, 5.41) is 0. The minimum atomic E-state index is -0.111. The van der Waals surface area contributed by atoms with Crippen molar-refractivity contribution < 1.29 is 14.3 Å². The Hall–Kier alpha value is -1.10. The molecule has 0 aromatic carbocycles. The van der Waals surface area contributed by atoms with E-state index in [9.17, 15) is 9.59 Å². The molecule has 116 valence electrons. The van der Waals surface area contributed by atoms with Gasteiger partial charge in [-0.2, -0.15) is 0 Å². The van der Waals surface area contributed by atoms with E-state index in [0.29, 0.717) is 13.0 Å². The molecule has 1 saturated heterocycles. The molecule has 1 heterocycles. The average molecular weight is 284 g/mol. The quantitative estimate of drug-likeness (QED) is 0.636. The normalized spacial score (nSPS) is 19.1. The summed E-state index contributed by atoms with van der Waals surface area (Å²) in [7, 11) is 0. The fraction of sp³-hybridized carbons (Fsp3) is 0.867. The lowest BCUT2D eigenvalue weighted by Gasteiger charge is -2.23. The topological polar surface area (TPSA) is 49.9 Å². The van der Waals surface area contributed by atoms with E-state index in [4.69, 9.17) is 4.74 Å². The summed E-state index contributed by atoms with van der Waals surface area (Å²) in [4.78, 5) is 27.7. The Morgan fingerprint density at radius 1 is 1.25 bits per heavy atom. The predicted octanol–water partition coefficient (Wildman–Crippen LogP) is 1.66. The summed E-state index contributed by atoms with van der Waals surface area (Å²) in [6, 6.07) is -0.0986. The van der Waals surface area contributed by atoms with Crippen LogP contribution in [0.1, 0.15) is 46.5 Å². The zero-order chi connectivity index (χ0) is 15.0. The van der Waals surface area contributed by atoms with Crippen molar-refractivity contribution >= 4 is 11.9 Å².